The third kappa shape index (κ3) is 4.12. The lowest BCUT2D eigenvalue weighted by Crippen LogP contribution is -2.39. The van der Waals surface area contributed by atoms with Gasteiger partial charge >= 0.3 is 7.12 Å². The fourth-order valence-corrected chi connectivity index (χ4v) is 2.79. The predicted molar refractivity (Wildman–Crippen MR) is 104 cm³/mol. The molecule has 0 radical (unpaired) electrons. The van der Waals surface area contributed by atoms with Crippen molar-refractivity contribution < 1.29 is 18.8 Å². The van der Waals surface area contributed by atoms with E-state index in [1.807, 2.05) is 32.9 Å². The van der Waals surface area contributed by atoms with Crippen molar-refractivity contribution in [3.8, 4) is 5.75 Å². The van der Waals surface area contributed by atoms with Crippen LogP contribution in [-0.4, -0.2) is 36.5 Å². The fraction of sp³-hybridized carbons (Fsp3) is 0.562. The summed E-state index contributed by atoms with van der Waals surface area (Å²) in [5, 5.41) is 0. The number of ether oxygens (including phenoxy) is 1. The van der Waals surface area contributed by atoms with Gasteiger partial charge in [-0.1, -0.05) is 25.3 Å². The summed E-state index contributed by atoms with van der Waals surface area (Å²) in [5.74, 6) is 0.667. The molecular formula is C16H23B2IO4. The van der Waals surface area contributed by atoms with Crippen LogP contribution in [0.2, 0.25) is 13.1 Å². The van der Waals surface area contributed by atoms with Gasteiger partial charge in [0.15, 0.2) is 0 Å². The molecule has 7 heteroatoms. The number of carbonyl (C=O) groups excluding carboxylic acids is 1. The van der Waals surface area contributed by atoms with E-state index in [2.05, 4.69) is 29.4 Å². The summed E-state index contributed by atoms with van der Waals surface area (Å²) >= 11 is 2.25. The maximum absolute atomic E-state index is 11.5. The summed E-state index contributed by atoms with van der Waals surface area (Å²) in [6.45, 7) is 8.75. The Hall–Kier alpha value is -0.530. The van der Waals surface area contributed by atoms with Crippen LogP contribution in [0.25, 0.3) is 0 Å². The molecule has 2 rings (SSSR count). The smallest absolute Gasteiger partial charge is 0.494 e. The lowest BCUT2D eigenvalue weighted by atomic mass is 9.75. The van der Waals surface area contributed by atoms with Gasteiger partial charge in [0.05, 0.1) is 12.2 Å². The highest BCUT2D eigenvalue weighted by Crippen LogP contribution is 2.42. The number of hydrogen-bond donors (Lipinski definition) is 0. The highest BCUT2D eigenvalue weighted by molar-refractivity contribution is 14.1. The zero-order chi connectivity index (χ0) is 17.1. The summed E-state index contributed by atoms with van der Waals surface area (Å²) in [6.07, 6.45) is 2.94. The van der Waals surface area contributed by atoms with Crippen molar-refractivity contribution in [3.05, 3.63) is 23.8 Å². The van der Waals surface area contributed by atoms with Crippen molar-refractivity contribution in [2.75, 3.05) is 6.61 Å². The number of benzene rings is 1. The summed E-state index contributed by atoms with van der Waals surface area (Å²) in [7, 11) is 0.537. The van der Waals surface area contributed by atoms with Crippen LogP contribution in [-0.2, 0) is 9.31 Å². The minimum Gasteiger partial charge on any atom is -0.494 e. The first kappa shape index (κ1) is 18.8. The van der Waals surface area contributed by atoms with Gasteiger partial charge in [0, 0.05) is 11.0 Å². The highest BCUT2D eigenvalue weighted by atomic mass is 127. The van der Waals surface area contributed by atoms with Gasteiger partial charge in [0.2, 0.25) is 0 Å². The van der Waals surface area contributed by atoms with Crippen LogP contribution < -0.4 is 10.2 Å². The van der Waals surface area contributed by atoms with Gasteiger partial charge < -0.3 is 14.0 Å². The minimum atomic E-state index is -0.602. The van der Waals surface area contributed by atoms with Crippen LogP contribution in [0.3, 0.4) is 0 Å². The van der Waals surface area contributed by atoms with E-state index in [0.29, 0.717) is 23.4 Å². The van der Waals surface area contributed by atoms with Crippen molar-refractivity contribution in [1.29, 1.82) is 0 Å². The van der Waals surface area contributed by atoms with E-state index in [4.69, 9.17) is 14.0 Å². The Morgan fingerprint density at radius 1 is 1.35 bits per heavy atom. The molecule has 1 atom stereocenters. The number of hydrogen-bond acceptors (Lipinski definition) is 4. The second-order valence-corrected chi connectivity index (χ2v) is 8.49. The van der Waals surface area contributed by atoms with Crippen LogP contribution in [0.5, 0.6) is 5.75 Å². The predicted octanol–water partition coefficient (Wildman–Crippen LogP) is 2.84. The van der Waals surface area contributed by atoms with Crippen LogP contribution in [0.1, 0.15) is 37.6 Å². The number of halogens is 1. The van der Waals surface area contributed by atoms with Crippen molar-refractivity contribution in [2.24, 2.45) is 0 Å². The summed E-state index contributed by atoms with van der Waals surface area (Å²) in [4.78, 5) is 11.5. The zero-order valence-electron chi connectivity index (χ0n) is 14.2. The largest absolute Gasteiger partial charge is 0.500 e. The van der Waals surface area contributed by atoms with Crippen LogP contribution in [0.15, 0.2) is 18.2 Å². The summed E-state index contributed by atoms with van der Waals surface area (Å²) < 4.78 is 17.6. The number of carbonyl (C=O) groups is 1. The highest BCUT2D eigenvalue weighted by Gasteiger charge is 2.54. The molecule has 1 fully saturated rings. The van der Waals surface area contributed by atoms with Crippen LogP contribution >= 0.6 is 22.6 Å². The molecule has 1 saturated heterocycles. The average Bonchev–Trinajstić information content (AvgIpc) is 2.71. The Morgan fingerprint density at radius 2 is 2.09 bits per heavy atom. The first-order chi connectivity index (χ1) is 10.8. The van der Waals surface area contributed by atoms with Gasteiger partial charge in [0.1, 0.15) is 22.9 Å². The van der Waals surface area contributed by atoms with Crippen molar-refractivity contribution in [1.82, 2.24) is 0 Å². The Balaban J connectivity index is 2.28. The molecule has 1 aliphatic rings. The molecule has 0 aliphatic carbocycles. The topological polar surface area (TPSA) is 44.8 Å². The molecule has 0 saturated carbocycles. The van der Waals surface area contributed by atoms with E-state index < -0.39 is 16.3 Å². The minimum absolute atomic E-state index is 0.465. The van der Waals surface area contributed by atoms with Crippen molar-refractivity contribution in [3.63, 3.8) is 0 Å². The molecule has 0 bridgehead atoms. The van der Waals surface area contributed by atoms with E-state index in [1.165, 1.54) is 0 Å². The van der Waals surface area contributed by atoms with Crippen molar-refractivity contribution >= 4 is 48.7 Å². The van der Waals surface area contributed by atoms with E-state index >= 15 is 0 Å². The second-order valence-electron chi connectivity index (χ2n) is 6.43. The van der Waals surface area contributed by atoms with Crippen LogP contribution in [0.4, 0.5) is 0 Å². The third-order valence-electron chi connectivity index (χ3n) is 4.27. The molecule has 0 unspecified atom stereocenters. The Kier molecular flexibility index (Phi) is 6.19. The monoisotopic (exact) mass is 428 g/mol. The molecular weight excluding hydrogens is 405 g/mol. The first-order valence-electron chi connectivity index (χ1n) is 8.08. The molecule has 1 aromatic carbocycles. The quantitative estimate of drug-likeness (QED) is 0.221. The number of rotatable bonds is 7. The average molecular weight is 428 g/mol. The molecule has 1 aromatic rings. The van der Waals surface area contributed by atoms with Gasteiger partial charge in [-0.3, -0.25) is 4.79 Å². The molecule has 0 spiro atoms. The lowest BCUT2D eigenvalue weighted by molar-refractivity contribution is 0.0726. The third-order valence-corrected chi connectivity index (χ3v) is 5.83. The molecule has 0 aromatic heterocycles. The molecule has 124 valence electrons. The van der Waals surface area contributed by atoms with Crippen molar-refractivity contribution in [2.45, 2.75) is 49.5 Å². The molecule has 23 heavy (non-hydrogen) atoms. The van der Waals surface area contributed by atoms with E-state index in [-0.39, 0.29) is 0 Å². The van der Waals surface area contributed by atoms with Gasteiger partial charge in [-0.15, -0.1) is 0 Å². The Labute approximate surface area is 153 Å². The maximum Gasteiger partial charge on any atom is 0.500 e. The zero-order valence-corrected chi connectivity index (χ0v) is 16.4. The van der Waals surface area contributed by atoms with E-state index in [0.717, 1.165) is 26.3 Å². The van der Waals surface area contributed by atoms with E-state index in [9.17, 15) is 4.79 Å². The fourth-order valence-electron chi connectivity index (χ4n) is 2.43. The van der Waals surface area contributed by atoms with Crippen LogP contribution in [0, 0.1) is 0 Å². The van der Waals surface area contributed by atoms with Gasteiger partial charge in [-0.2, -0.15) is 0 Å². The maximum atomic E-state index is 11.5. The molecule has 1 heterocycles. The molecule has 0 N–H and O–H groups in total. The first-order valence-corrected chi connectivity index (χ1v) is 9.15. The van der Waals surface area contributed by atoms with Gasteiger partial charge in [-0.05, 0) is 55.8 Å². The van der Waals surface area contributed by atoms with Gasteiger partial charge in [0.25, 0.3) is 0 Å². The molecule has 4 nitrogen and oxygen atoms in total. The summed E-state index contributed by atoms with van der Waals surface area (Å²) in [6, 6.07) is 5.46. The Bertz CT molecular complexity index is 547. The van der Waals surface area contributed by atoms with E-state index in [1.54, 1.807) is 6.07 Å². The number of aldehydes is 1. The molecule has 0 amide bonds. The molecule has 1 aliphatic heterocycles. The normalized spacial score (nSPS) is 22.9. The summed E-state index contributed by atoms with van der Waals surface area (Å²) in [5.41, 5.74) is 0.772. The second kappa shape index (κ2) is 7.57. The SMILES string of the molecule is CBCCCOc1cccc(C=O)c1B1OC(C)(C)[C@@](C)(I)O1. The van der Waals surface area contributed by atoms with Gasteiger partial charge in [-0.25, -0.2) is 0 Å². The number of alkyl halides is 1. The lowest BCUT2D eigenvalue weighted by Gasteiger charge is -2.30. The standard InChI is InChI=1S/C16H23B2IO4/c1-15(2)16(3,19)23-18(22-15)14-12(11-20)7-5-8-13(14)21-10-6-9-17-4/h5,7-8,11,17H,6,9-10H2,1-4H3/t16-/m0/s1. The Morgan fingerprint density at radius 3 is 2.65 bits per heavy atom.